The smallest absolute Gasteiger partial charge is 0.319 e. The minimum Gasteiger partial charge on any atom is -0.492 e. The topological polar surface area (TPSA) is 72.8 Å². The fraction of sp³-hybridized carbons (Fsp3) is 0.562. The van der Waals surface area contributed by atoms with Crippen LogP contribution in [0.25, 0.3) is 0 Å². The third kappa shape index (κ3) is 5.56. The number of ether oxygens (including phenoxy) is 1. The first-order valence-electron chi connectivity index (χ1n) is 7.94. The molecule has 2 rings (SSSR count). The molecular formula is C16H19ClFNO4S. The maximum atomic E-state index is 13.9. The van der Waals surface area contributed by atoms with E-state index in [0.29, 0.717) is 12.5 Å². The molecule has 1 fully saturated rings. The molecule has 0 N–H and O–H groups in total. The lowest BCUT2D eigenvalue weighted by Gasteiger charge is -2.15. The van der Waals surface area contributed by atoms with Gasteiger partial charge in [-0.2, -0.15) is 8.42 Å². The third-order valence-electron chi connectivity index (χ3n) is 4.17. The largest absolute Gasteiger partial charge is 0.492 e. The number of hydrogen-bond donors (Lipinski definition) is 0. The van der Waals surface area contributed by atoms with Crippen LogP contribution in [0.1, 0.15) is 55.3 Å². The lowest BCUT2D eigenvalue weighted by atomic mass is 9.97. The van der Waals surface area contributed by atoms with Gasteiger partial charge in [-0.25, -0.2) is 4.39 Å². The van der Waals surface area contributed by atoms with Crippen LogP contribution in [-0.4, -0.2) is 20.9 Å². The summed E-state index contributed by atoms with van der Waals surface area (Å²) in [6.45, 7) is 0.423. The van der Waals surface area contributed by atoms with E-state index in [9.17, 15) is 17.6 Å². The van der Waals surface area contributed by atoms with Crippen molar-refractivity contribution in [1.82, 2.24) is 0 Å². The van der Waals surface area contributed by atoms with Gasteiger partial charge in [-0.15, -0.1) is 0 Å². The predicted molar refractivity (Wildman–Crippen MR) is 88.4 cm³/mol. The highest BCUT2D eigenvalue weighted by Gasteiger charge is 2.17. The summed E-state index contributed by atoms with van der Waals surface area (Å²) in [5, 5.41) is 0.0486. The fourth-order valence-corrected chi connectivity index (χ4v) is 3.36. The second-order valence-corrected chi connectivity index (χ2v) is 6.89. The Balaban J connectivity index is 1.99. The number of amides is 1. The minimum atomic E-state index is -2.94. The van der Waals surface area contributed by atoms with Crippen LogP contribution < -0.4 is 4.74 Å². The number of benzene rings is 1. The van der Waals surface area contributed by atoms with Gasteiger partial charge in [0.25, 0.3) is 5.91 Å². The van der Waals surface area contributed by atoms with Crippen molar-refractivity contribution in [3.8, 4) is 5.75 Å². The molecule has 0 saturated heterocycles. The summed E-state index contributed by atoms with van der Waals surface area (Å²) in [5.74, 6) is -1.36. The second kappa shape index (κ2) is 9.13. The van der Waals surface area contributed by atoms with Crippen molar-refractivity contribution < 1.29 is 22.3 Å². The van der Waals surface area contributed by atoms with Gasteiger partial charge in [0.15, 0.2) is 0 Å². The molecule has 0 aromatic heterocycles. The molecule has 0 spiro atoms. The highest BCUT2D eigenvalue weighted by Crippen LogP contribution is 2.30. The van der Waals surface area contributed by atoms with E-state index >= 15 is 0 Å². The van der Waals surface area contributed by atoms with E-state index in [0.717, 1.165) is 18.6 Å². The Morgan fingerprint density at radius 2 is 1.92 bits per heavy atom. The highest BCUT2D eigenvalue weighted by molar-refractivity contribution is 7.62. The zero-order valence-electron chi connectivity index (χ0n) is 13.1. The van der Waals surface area contributed by atoms with Gasteiger partial charge in [0.05, 0.1) is 17.2 Å². The Labute approximate surface area is 146 Å². The summed E-state index contributed by atoms with van der Waals surface area (Å²) in [6.07, 6.45) is 8.29. The molecule has 0 aliphatic heterocycles. The second-order valence-electron chi connectivity index (χ2n) is 5.87. The van der Waals surface area contributed by atoms with Gasteiger partial charge in [0, 0.05) is 6.07 Å². The van der Waals surface area contributed by atoms with Crippen molar-refractivity contribution in [2.24, 2.45) is 10.3 Å². The molecule has 132 valence electrons. The van der Waals surface area contributed by atoms with E-state index in [4.69, 9.17) is 16.3 Å². The van der Waals surface area contributed by atoms with Crippen LogP contribution in [0.4, 0.5) is 4.39 Å². The number of hydrogen-bond acceptors (Lipinski definition) is 4. The van der Waals surface area contributed by atoms with Crippen LogP contribution in [0.2, 0.25) is 5.02 Å². The van der Waals surface area contributed by atoms with E-state index in [1.54, 1.807) is 0 Å². The van der Waals surface area contributed by atoms with E-state index in [2.05, 4.69) is 4.36 Å². The maximum absolute atomic E-state index is 13.9. The van der Waals surface area contributed by atoms with Crippen LogP contribution >= 0.6 is 11.6 Å². The number of nitrogens with zero attached hydrogens (tertiary/aromatic N) is 1. The average Bonchev–Trinajstić information content (AvgIpc) is 2.78. The molecule has 8 heteroatoms. The Morgan fingerprint density at radius 3 is 2.54 bits per heavy atom. The molecule has 0 radical (unpaired) electrons. The van der Waals surface area contributed by atoms with Gasteiger partial charge < -0.3 is 4.74 Å². The monoisotopic (exact) mass is 375 g/mol. The zero-order chi connectivity index (χ0) is 17.5. The van der Waals surface area contributed by atoms with Crippen LogP contribution in [-0.2, 0) is 10.5 Å². The summed E-state index contributed by atoms with van der Waals surface area (Å²) in [5.41, 5.74) is -0.500. The molecule has 1 amide bonds. The molecule has 1 saturated carbocycles. The first-order chi connectivity index (χ1) is 11.5. The van der Waals surface area contributed by atoms with E-state index in [1.807, 2.05) is 0 Å². The maximum Gasteiger partial charge on any atom is 0.319 e. The van der Waals surface area contributed by atoms with Gasteiger partial charge in [0.1, 0.15) is 11.6 Å². The van der Waals surface area contributed by atoms with Gasteiger partial charge in [-0.3, -0.25) is 4.79 Å². The standard InChI is InChI=1S/C16H19ClFNO4S/c17-13-9-12(16(20)19-24(21)22)14(18)10-15(13)23-8-7-11-5-3-1-2-4-6-11/h9-11H,1-8H2. The number of carbonyl (C=O) groups excluding carboxylic acids is 1. The molecule has 0 bridgehead atoms. The lowest BCUT2D eigenvalue weighted by molar-refractivity contribution is 0.100. The molecule has 1 aliphatic rings. The number of rotatable bonds is 5. The SMILES string of the molecule is O=C(N=S(=O)=O)c1cc(Cl)c(OCCC2CCCCCC2)cc1F. The van der Waals surface area contributed by atoms with Crippen molar-refractivity contribution in [3.05, 3.63) is 28.5 Å². The molecule has 0 unspecified atom stereocenters. The van der Waals surface area contributed by atoms with Gasteiger partial charge in [-0.05, 0) is 18.4 Å². The fourth-order valence-electron chi connectivity index (χ4n) is 2.91. The van der Waals surface area contributed by atoms with E-state index < -0.39 is 27.8 Å². The molecule has 5 nitrogen and oxygen atoms in total. The molecule has 1 aromatic carbocycles. The van der Waals surface area contributed by atoms with Crippen molar-refractivity contribution in [2.75, 3.05) is 6.61 Å². The third-order valence-corrected chi connectivity index (χ3v) is 4.78. The Morgan fingerprint density at radius 1 is 1.25 bits per heavy atom. The molecule has 1 aliphatic carbocycles. The van der Waals surface area contributed by atoms with Crippen molar-refractivity contribution in [2.45, 2.75) is 44.9 Å². The Bertz CT molecular complexity index is 720. The Kier molecular flexibility index (Phi) is 7.17. The first-order valence-corrected chi connectivity index (χ1v) is 9.35. The predicted octanol–water partition coefficient (Wildman–Crippen LogP) is 4.42. The van der Waals surface area contributed by atoms with Gasteiger partial charge in [0.2, 0.25) is 0 Å². The summed E-state index contributed by atoms with van der Waals surface area (Å²) >= 11 is 5.99. The van der Waals surface area contributed by atoms with Crippen molar-refractivity contribution in [3.63, 3.8) is 0 Å². The van der Waals surface area contributed by atoms with Crippen molar-refractivity contribution >= 4 is 28.0 Å². The molecule has 1 aromatic rings. The number of carbonyl (C=O) groups is 1. The van der Waals surface area contributed by atoms with Crippen LogP contribution in [0.3, 0.4) is 0 Å². The Hall–Kier alpha value is -1.47. The molecule has 24 heavy (non-hydrogen) atoms. The highest BCUT2D eigenvalue weighted by atomic mass is 35.5. The zero-order valence-corrected chi connectivity index (χ0v) is 14.7. The van der Waals surface area contributed by atoms with E-state index in [1.165, 1.54) is 38.5 Å². The van der Waals surface area contributed by atoms with Crippen LogP contribution in [0, 0.1) is 11.7 Å². The van der Waals surface area contributed by atoms with Gasteiger partial charge in [-0.1, -0.05) is 54.5 Å². The summed E-state index contributed by atoms with van der Waals surface area (Å²) in [7, 11) is -2.94. The summed E-state index contributed by atoms with van der Waals surface area (Å²) < 4.78 is 43.0. The summed E-state index contributed by atoms with van der Waals surface area (Å²) in [6, 6.07) is 2.03. The van der Waals surface area contributed by atoms with E-state index in [-0.39, 0.29) is 10.8 Å². The normalized spacial score (nSPS) is 15.6. The first kappa shape index (κ1) is 18.9. The molecular weight excluding hydrogens is 357 g/mol. The number of halogens is 2. The van der Waals surface area contributed by atoms with Crippen LogP contribution in [0.5, 0.6) is 5.75 Å². The quantitative estimate of drug-likeness (QED) is 0.714. The van der Waals surface area contributed by atoms with Crippen molar-refractivity contribution in [1.29, 1.82) is 0 Å². The summed E-state index contributed by atoms with van der Waals surface area (Å²) in [4.78, 5) is 11.5. The van der Waals surface area contributed by atoms with Gasteiger partial charge >= 0.3 is 10.5 Å². The molecule has 0 heterocycles. The molecule has 0 atom stereocenters. The minimum absolute atomic E-state index is 0.0486. The average molecular weight is 376 g/mol. The van der Waals surface area contributed by atoms with Crippen LogP contribution in [0.15, 0.2) is 16.5 Å². The lowest BCUT2D eigenvalue weighted by Crippen LogP contribution is -2.07.